The molecule has 3 unspecified atom stereocenters. The zero-order valence-corrected chi connectivity index (χ0v) is 12.7. The van der Waals surface area contributed by atoms with Crippen LogP contribution >= 0.6 is 0 Å². The average Bonchev–Trinajstić information content (AvgIpc) is 2.50. The number of aliphatic hydroxyl groups is 2. The van der Waals surface area contributed by atoms with Gasteiger partial charge in [0.1, 0.15) is 5.92 Å². The van der Waals surface area contributed by atoms with Gasteiger partial charge >= 0.3 is 5.97 Å². The van der Waals surface area contributed by atoms with E-state index in [-0.39, 0.29) is 12.0 Å². The number of nitrogens with zero attached hydrogens (tertiary/aromatic N) is 1. The van der Waals surface area contributed by atoms with Gasteiger partial charge in [-0.25, -0.2) is 0 Å². The first kappa shape index (κ1) is 16.9. The van der Waals surface area contributed by atoms with Crippen LogP contribution in [-0.4, -0.2) is 32.0 Å². The molecule has 1 aromatic carbocycles. The maximum Gasteiger partial charge on any atom is 0.312 e. The van der Waals surface area contributed by atoms with Gasteiger partial charge in [0.15, 0.2) is 5.43 Å². The number of rotatable bonds is 6. The van der Waals surface area contributed by atoms with Gasteiger partial charge in [-0.1, -0.05) is 29.8 Å². The molecule has 0 radical (unpaired) electrons. The van der Waals surface area contributed by atoms with Crippen molar-refractivity contribution < 1.29 is 20.1 Å². The van der Waals surface area contributed by atoms with Crippen LogP contribution in [0.4, 0.5) is 0 Å². The van der Waals surface area contributed by atoms with E-state index in [0.29, 0.717) is 5.56 Å². The maximum atomic E-state index is 11.5. The Balaban J connectivity index is 2.19. The van der Waals surface area contributed by atoms with E-state index in [1.54, 1.807) is 24.3 Å². The molecule has 2 aromatic rings. The van der Waals surface area contributed by atoms with Crippen LogP contribution in [-0.2, 0) is 11.3 Å². The summed E-state index contributed by atoms with van der Waals surface area (Å²) < 4.78 is 1.50. The van der Waals surface area contributed by atoms with Gasteiger partial charge < -0.3 is 19.9 Å². The molecule has 0 saturated heterocycles. The van der Waals surface area contributed by atoms with Gasteiger partial charge in [0.25, 0.3) is 0 Å². The van der Waals surface area contributed by atoms with Gasteiger partial charge in [-0.2, -0.15) is 0 Å². The Labute approximate surface area is 133 Å². The number of aryl methyl sites for hydroxylation is 1. The number of pyridine rings is 1. The minimum Gasteiger partial charge on any atom is -0.481 e. The smallest absolute Gasteiger partial charge is 0.312 e. The fraction of sp³-hybridized carbons (Fsp3) is 0.294. The Hall–Kier alpha value is -2.44. The van der Waals surface area contributed by atoms with E-state index >= 15 is 0 Å². The van der Waals surface area contributed by atoms with Gasteiger partial charge in [-0.15, -0.1) is 0 Å². The molecule has 2 rings (SSSR count). The molecule has 23 heavy (non-hydrogen) atoms. The first-order chi connectivity index (χ1) is 10.9. The van der Waals surface area contributed by atoms with Crippen molar-refractivity contribution in [2.75, 3.05) is 0 Å². The first-order valence-electron chi connectivity index (χ1n) is 7.20. The third-order valence-corrected chi connectivity index (χ3v) is 3.72. The van der Waals surface area contributed by atoms with Crippen molar-refractivity contribution in [1.82, 2.24) is 4.57 Å². The number of carbonyl (C=O) groups is 1. The monoisotopic (exact) mass is 317 g/mol. The Morgan fingerprint density at radius 3 is 2.17 bits per heavy atom. The minimum absolute atomic E-state index is 0.0415. The van der Waals surface area contributed by atoms with Crippen LogP contribution < -0.4 is 5.43 Å². The van der Waals surface area contributed by atoms with Crippen molar-refractivity contribution in [3.63, 3.8) is 0 Å². The summed E-state index contributed by atoms with van der Waals surface area (Å²) in [5.74, 6) is -2.66. The topological polar surface area (TPSA) is 99.8 Å². The summed E-state index contributed by atoms with van der Waals surface area (Å²) in [7, 11) is 0. The van der Waals surface area contributed by atoms with Crippen LogP contribution in [0.5, 0.6) is 0 Å². The molecule has 0 aliphatic heterocycles. The number of carboxylic acids is 1. The number of aromatic nitrogens is 1. The molecule has 0 aliphatic carbocycles. The summed E-state index contributed by atoms with van der Waals surface area (Å²) >= 11 is 0. The summed E-state index contributed by atoms with van der Waals surface area (Å²) in [6, 6.07) is 9.46. The normalized spacial score (nSPS) is 14.9. The molecule has 0 saturated carbocycles. The van der Waals surface area contributed by atoms with Crippen LogP contribution in [0, 0.1) is 12.8 Å². The molecule has 6 heteroatoms. The van der Waals surface area contributed by atoms with Gasteiger partial charge in [0, 0.05) is 31.1 Å². The first-order valence-corrected chi connectivity index (χ1v) is 7.20. The van der Waals surface area contributed by atoms with E-state index in [0.717, 1.165) is 5.56 Å². The molecule has 6 nitrogen and oxygen atoms in total. The lowest BCUT2D eigenvalue weighted by atomic mass is 9.90. The highest BCUT2D eigenvalue weighted by atomic mass is 16.4. The largest absolute Gasteiger partial charge is 0.481 e. The fourth-order valence-corrected chi connectivity index (χ4v) is 2.38. The highest BCUT2D eigenvalue weighted by molar-refractivity contribution is 5.71. The van der Waals surface area contributed by atoms with Gasteiger partial charge in [0.05, 0.1) is 12.2 Å². The molecule has 0 spiro atoms. The predicted octanol–water partition coefficient (Wildman–Crippen LogP) is 0.952. The third-order valence-electron chi connectivity index (χ3n) is 3.72. The quantitative estimate of drug-likeness (QED) is 0.736. The van der Waals surface area contributed by atoms with E-state index in [1.165, 1.54) is 29.1 Å². The van der Waals surface area contributed by atoms with Gasteiger partial charge in [-0.3, -0.25) is 9.59 Å². The number of aliphatic hydroxyl groups excluding tert-OH is 2. The molecular weight excluding hydrogens is 298 g/mol. The number of carboxylic acid groups (broad SMARTS) is 1. The summed E-state index contributed by atoms with van der Waals surface area (Å²) in [4.78, 5) is 22.5. The summed E-state index contributed by atoms with van der Waals surface area (Å²) in [5, 5.41) is 30.0. The van der Waals surface area contributed by atoms with Crippen molar-refractivity contribution in [3.05, 3.63) is 70.1 Å². The lowest BCUT2D eigenvalue weighted by Crippen LogP contribution is -2.36. The van der Waals surface area contributed by atoms with E-state index in [1.807, 2.05) is 6.92 Å². The summed E-state index contributed by atoms with van der Waals surface area (Å²) in [6.45, 7) is 1.84. The molecule has 122 valence electrons. The second-order valence-corrected chi connectivity index (χ2v) is 5.52. The molecule has 1 heterocycles. The van der Waals surface area contributed by atoms with Crippen LogP contribution in [0.2, 0.25) is 0 Å². The van der Waals surface area contributed by atoms with Crippen molar-refractivity contribution in [2.45, 2.75) is 25.7 Å². The van der Waals surface area contributed by atoms with Gasteiger partial charge in [-0.05, 0) is 12.5 Å². The molecule has 0 amide bonds. The number of hydrogen-bond donors (Lipinski definition) is 3. The van der Waals surface area contributed by atoms with E-state index < -0.39 is 24.1 Å². The standard InChI is InChI=1S/C17H19NO5/c1-11-2-4-12(5-3-11)16(21)15(17(22)23)14(20)10-18-8-6-13(19)7-9-18/h2-9,14-16,20-21H,10H2,1H3,(H,22,23). The Morgan fingerprint density at radius 1 is 1.09 bits per heavy atom. The molecule has 0 fully saturated rings. The second kappa shape index (κ2) is 7.21. The molecule has 1 aromatic heterocycles. The predicted molar refractivity (Wildman–Crippen MR) is 84.0 cm³/mol. The molecule has 3 atom stereocenters. The van der Waals surface area contributed by atoms with Gasteiger partial charge in [0.2, 0.25) is 0 Å². The summed E-state index contributed by atoms with van der Waals surface area (Å²) in [6.07, 6.45) is 0.277. The number of benzene rings is 1. The zero-order valence-electron chi connectivity index (χ0n) is 12.7. The third kappa shape index (κ3) is 4.28. The number of hydrogen-bond acceptors (Lipinski definition) is 4. The maximum absolute atomic E-state index is 11.5. The lowest BCUT2D eigenvalue weighted by Gasteiger charge is -2.25. The van der Waals surface area contributed by atoms with E-state index in [4.69, 9.17) is 0 Å². The zero-order chi connectivity index (χ0) is 17.0. The molecular formula is C17H19NO5. The van der Waals surface area contributed by atoms with Crippen LogP contribution in [0.15, 0.2) is 53.6 Å². The van der Waals surface area contributed by atoms with E-state index in [2.05, 4.69) is 0 Å². The van der Waals surface area contributed by atoms with Crippen LogP contribution in [0.3, 0.4) is 0 Å². The van der Waals surface area contributed by atoms with Crippen LogP contribution in [0.25, 0.3) is 0 Å². The highest BCUT2D eigenvalue weighted by Crippen LogP contribution is 2.26. The lowest BCUT2D eigenvalue weighted by molar-refractivity contribution is -0.152. The average molecular weight is 317 g/mol. The van der Waals surface area contributed by atoms with Crippen molar-refractivity contribution in [3.8, 4) is 0 Å². The van der Waals surface area contributed by atoms with Crippen molar-refractivity contribution >= 4 is 5.97 Å². The number of aliphatic carboxylic acids is 1. The highest BCUT2D eigenvalue weighted by Gasteiger charge is 2.34. The molecule has 3 N–H and O–H groups in total. The summed E-state index contributed by atoms with van der Waals surface area (Å²) in [5.41, 5.74) is 1.24. The Morgan fingerprint density at radius 2 is 1.65 bits per heavy atom. The molecule has 0 aliphatic rings. The Kier molecular flexibility index (Phi) is 5.31. The Bertz CT molecular complexity index is 702. The van der Waals surface area contributed by atoms with Crippen molar-refractivity contribution in [1.29, 1.82) is 0 Å². The van der Waals surface area contributed by atoms with E-state index in [9.17, 15) is 24.9 Å². The second-order valence-electron chi connectivity index (χ2n) is 5.52. The molecule has 0 bridgehead atoms. The fourth-order valence-electron chi connectivity index (χ4n) is 2.38. The minimum atomic E-state index is -1.38. The van der Waals surface area contributed by atoms with Crippen LogP contribution in [0.1, 0.15) is 17.2 Å². The van der Waals surface area contributed by atoms with Crippen molar-refractivity contribution in [2.24, 2.45) is 5.92 Å². The SMILES string of the molecule is Cc1ccc(C(O)C(C(=O)O)C(O)Cn2ccc(=O)cc2)cc1.